The van der Waals surface area contributed by atoms with E-state index in [0.717, 1.165) is 23.2 Å². The van der Waals surface area contributed by atoms with Crippen molar-refractivity contribution in [3.8, 4) is 11.1 Å². The van der Waals surface area contributed by atoms with Gasteiger partial charge in [0.2, 0.25) is 0 Å². The lowest BCUT2D eigenvalue weighted by molar-refractivity contribution is 0.129. The average Bonchev–Trinajstić information content (AvgIpc) is 3.52. The molecule has 2 aromatic carbocycles. The molecule has 1 aliphatic rings. The molecule has 2 aromatic heterocycles. The highest BCUT2D eigenvalue weighted by Crippen LogP contribution is 2.29. The standard InChI is InChI=1S/C22H19FN6O2/c23-21-10-18(29-13-19(31-22(29)30)12-28-8-7-26-27-28)5-6-20(21)16-3-1-15(2-4-16)9-17-11-24-14-25-17/h1-8,10-11,14,19H,9,12-13H2,(H,24,25)/t19-/m0/s1. The Labute approximate surface area is 177 Å². The summed E-state index contributed by atoms with van der Waals surface area (Å²) in [5, 5.41) is 7.62. The van der Waals surface area contributed by atoms with Crippen LogP contribution in [-0.4, -0.2) is 43.7 Å². The summed E-state index contributed by atoms with van der Waals surface area (Å²) in [5.41, 5.74) is 3.82. The minimum atomic E-state index is -0.500. The number of H-pyrrole nitrogens is 1. The molecular weight excluding hydrogens is 399 g/mol. The largest absolute Gasteiger partial charge is 0.442 e. The molecule has 1 N–H and O–H groups in total. The molecule has 1 amide bonds. The van der Waals surface area contributed by atoms with Crippen molar-refractivity contribution in [3.63, 3.8) is 0 Å². The summed E-state index contributed by atoms with van der Waals surface area (Å²) in [5.74, 6) is -0.397. The van der Waals surface area contributed by atoms with Crippen LogP contribution in [0.15, 0.2) is 67.4 Å². The third-order valence-electron chi connectivity index (χ3n) is 5.22. The summed E-state index contributed by atoms with van der Waals surface area (Å²) >= 11 is 0. The molecule has 0 aliphatic carbocycles. The molecule has 1 aliphatic heterocycles. The predicted octanol–water partition coefficient (Wildman–Crippen LogP) is 3.42. The molecule has 3 heterocycles. The van der Waals surface area contributed by atoms with Crippen LogP contribution in [0.5, 0.6) is 0 Å². The zero-order valence-electron chi connectivity index (χ0n) is 16.5. The number of hydrogen-bond donors (Lipinski definition) is 1. The van der Waals surface area contributed by atoms with E-state index in [2.05, 4.69) is 20.3 Å². The van der Waals surface area contributed by atoms with Gasteiger partial charge in [-0.2, -0.15) is 0 Å². The Morgan fingerprint density at radius 1 is 1.19 bits per heavy atom. The Bertz CT molecular complexity index is 1180. The van der Waals surface area contributed by atoms with Crippen LogP contribution in [0, 0.1) is 5.82 Å². The maximum absolute atomic E-state index is 14.9. The van der Waals surface area contributed by atoms with Gasteiger partial charge >= 0.3 is 6.09 Å². The number of halogens is 1. The summed E-state index contributed by atoms with van der Waals surface area (Å²) in [7, 11) is 0. The summed E-state index contributed by atoms with van der Waals surface area (Å²) in [6.45, 7) is 0.716. The number of benzene rings is 2. The van der Waals surface area contributed by atoms with Gasteiger partial charge in [-0.15, -0.1) is 5.10 Å². The number of anilines is 1. The molecule has 5 rings (SSSR count). The molecule has 1 fully saturated rings. The van der Waals surface area contributed by atoms with Gasteiger partial charge in [-0.3, -0.25) is 4.90 Å². The van der Waals surface area contributed by atoms with E-state index in [9.17, 15) is 9.18 Å². The molecule has 8 nitrogen and oxygen atoms in total. The van der Waals surface area contributed by atoms with Crippen molar-refractivity contribution in [1.82, 2.24) is 25.0 Å². The predicted molar refractivity (Wildman–Crippen MR) is 111 cm³/mol. The van der Waals surface area contributed by atoms with E-state index < -0.39 is 11.9 Å². The first-order chi connectivity index (χ1) is 15.2. The number of carbonyl (C=O) groups excluding carboxylic acids is 1. The van der Waals surface area contributed by atoms with Crippen molar-refractivity contribution in [2.24, 2.45) is 0 Å². The highest BCUT2D eigenvalue weighted by molar-refractivity contribution is 5.90. The number of cyclic esters (lactones) is 1. The molecule has 156 valence electrons. The fourth-order valence-electron chi connectivity index (χ4n) is 3.68. The fraction of sp³-hybridized carbons (Fsp3) is 0.182. The fourth-order valence-corrected chi connectivity index (χ4v) is 3.68. The third kappa shape index (κ3) is 4.02. The number of rotatable bonds is 6. The number of carbonyl (C=O) groups is 1. The highest BCUT2D eigenvalue weighted by atomic mass is 19.1. The zero-order chi connectivity index (χ0) is 21.2. The zero-order valence-corrected chi connectivity index (χ0v) is 16.5. The summed E-state index contributed by atoms with van der Waals surface area (Å²) in [4.78, 5) is 20.8. The minimum absolute atomic E-state index is 0.319. The Morgan fingerprint density at radius 3 is 2.77 bits per heavy atom. The second kappa shape index (κ2) is 8.02. The number of amides is 1. The van der Waals surface area contributed by atoms with Crippen molar-refractivity contribution < 1.29 is 13.9 Å². The van der Waals surface area contributed by atoms with Gasteiger partial charge in [-0.1, -0.05) is 29.5 Å². The molecule has 0 spiro atoms. The molecule has 0 bridgehead atoms. The van der Waals surface area contributed by atoms with Crippen molar-refractivity contribution in [3.05, 3.63) is 84.5 Å². The number of nitrogens with one attached hydrogen (secondary N) is 1. The van der Waals surface area contributed by atoms with Gasteiger partial charge < -0.3 is 9.72 Å². The number of aromatic amines is 1. The van der Waals surface area contributed by atoms with Gasteiger partial charge in [-0.05, 0) is 29.3 Å². The maximum atomic E-state index is 14.9. The van der Waals surface area contributed by atoms with Gasteiger partial charge in [0.25, 0.3) is 0 Å². The Hall–Kier alpha value is -4.01. The van der Waals surface area contributed by atoms with E-state index in [0.29, 0.717) is 24.3 Å². The van der Waals surface area contributed by atoms with E-state index in [1.54, 1.807) is 41.7 Å². The molecule has 1 atom stereocenters. The second-order valence-electron chi connectivity index (χ2n) is 7.36. The summed E-state index contributed by atoms with van der Waals surface area (Å²) in [6.07, 6.45) is 6.55. The topological polar surface area (TPSA) is 88.9 Å². The van der Waals surface area contributed by atoms with Gasteiger partial charge in [0.05, 0.1) is 31.3 Å². The number of ether oxygens (including phenoxy) is 1. The van der Waals surface area contributed by atoms with Crippen LogP contribution in [0.4, 0.5) is 14.9 Å². The molecule has 9 heteroatoms. The first-order valence-electron chi connectivity index (χ1n) is 9.84. The lowest BCUT2D eigenvalue weighted by Crippen LogP contribution is -2.26. The van der Waals surface area contributed by atoms with Crippen molar-refractivity contribution >= 4 is 11.8 Å². The average molecular weight is 418 g/mol. The number of aromatic nitrogens is 5. The molecular formula is C22H19FN6O2. The first kappa shape index (κ1) is 19.0. The number of imidazole rings is 1. The van der Waals surface area contributed by atoms with Crippen molar-refractivity contribution in [2.45, 2.75) is 19.1 Å². The van der Waals surface area contributed by atoms with Gasteiger partial charge in [0, 0.05) is 30.1 Å². The molecule has 0 unspecified atom stereocenters. The van der Waals surface area contributed by atoms with Crippen LogP contribution in [-0.2, 0) is 17.7 Å². The highest BCUT2D eigenvalue weighted by Gasteiger charge is 2.33. The van der Waals surface area contributed by atoms with Crippen LogP contribution in [0.1, 0.15) is 11.3 Å². The Balaban J connectivity index is 1.30. The van der Waals surface area contributed by atoms with Crippen LogP contribution in [0.2, 0.25) is 0 Å². The van der Waals surface area contributed by atoms with Crippen LogP contribution in [0.3, 0.4) is 0 Å². The summed E-state index contributed by atoms with van der Waals surface area (Å²) < 4.78 is 21.9. The first-order valence-corrected chi connectivity index (χ1v) is 9.84. The number of nitrogens with zero attached hydrogens (tertiary/aromatic N) is 5. The Morgan fingerprint density at radius 2 is 2.06 bits per heavy atom. The SMILES string of the molecule is O=C1O[C@@H](Cn2ccnn2)CN1c1ccc(-c2ccc(Cc3cnc[nH]3)cc2)c(F)c1. The Kier molecular flexibility index (Phi) is 4.91. The number of hydrogen-bond acceptors (Lipinski definition) is 5. The normalized spacial score (nSPS) is 16.0. The lowest BCUT2D eigenvalue weighted by atomic mass is 10.0. The van der Waals surface area contributed by atoms with Crippen LogP contribution in [0.25, 0.3) is 11.1 Å². The quantitative estimate of drug-likeness (QED) is 0.518. The smallest absolute Gasteiger partial charge is 0.414 e. The van der Waals surface area contributed by atoms with Gasteiger partial charge in [0.15, 0.2) is 0 Å². The van der Waals surface area contributed by atoms with E-state index in [1.165, 1.54) is 11.0 Å². The maximum Gasteiger partial charge on any atom is 0.414 e. The van der Waals surface area contributed by atoms with E-state index in [1.807, 2.05) is 24.3 Å². The monoisotopic (exact) mass is 418 g/mol. The van der Waals surface area contributed by atoms with Crippen molar-refractivity contribution in [2.75, 3.05) is 11.4 Å². The van der Waals surface area contributed by atoms with Gasteiger partial charge in [0.1, 0.15) is 11.9 Å². The second-order valence-corrected chi connectivity index (χ2v) is 7.36. The van der Waals surface area contributed by atoms with E-state index >= 15 is 0 Å². The molecule has 1 saturated heterocycles. The lowest BCUT2D eigenvalue weighted by Gasteiger charge is -2.14. The molecule has 31 heavy (non-hydrogen) atoms. The minimum Gasteiger partial charge on any atom is -0.442 e. The molecule has 4 aromatic rings. The van der Waals surface area contributed by atoms with Crippen LogP contribution < -0.4 is 4.90 Å². The van der Waals surface area contributed by atoms with Gasteiger partial charge in [-0.25, -0.2) is 18.9 Å². The summed E-state index contributed by atoms with van der Waals surface area (Å²) in [6, 6.07) is 12.5. The third-order valence-corrected chi connectivity index (χ3v) is 5.22. The van der Waals surface area contributed by atoms with Crippen LogP contribution >= 0.6 is 0 Å². The molecule has 0 radical (unpaired) electrons. The molecule has 0 saturated carbocycles. The van der Waals surface area contributed by atoms with Crippen molar-refractivity contribution in [1.29, 1.82) is 0 Å². The van der Waals surface area contributed by atoms with E-state index in [-0.39, 0.29) is 6.10 Å². The van der Waals surface area contributed by atoms with E-state index in [4.69, 9.17) is 4.74 Å².